The second-order valence-electron chi connectivity index (χ2n) is 7.50. The average Bonchev–Trinajstić information content (AvgIpc) is 2.53. The first-order valence-corrected chi connectivity index (χ1v) is 11.0. The molecule has 5 heteroatoms. The molecule has 4 nitrogen and oxygen atoms in total. The number of benzene rings is 1. The number of carbonyl (C=O) groups is 2. The second kappa shape index (κ2) is 7.90. The van der Waals surface area contributed by atoms with Gasteiger partial charge in [-0.05, 0) is 24.2 Å². The van der Waals surface area contributed by atoms with Crippen LogP contribution in [0, 0.1) is 0 Å². The van der Waals surface area contributed by atoms with Crippen molar-refractivity contribution in [3.63, 3.8) is 0 Å². The number of likely N-dealkylation sites (N-methyl/N-ethyl adjacent to an activating group) is 1. The minimum absolute atomic E-state index is 0.103. The molecule has 1 rings (SSSR count). The van der Waals surface area contributed by atoms with Gasteiger partial charge in [-0.25, -0.2) is 0 Å². The highest BCUT2D eigenvalue weighted by atomic mass is 28.4. The lowest BCUT2D eigenvalue weighted by atomic mass is 10.1. The molecule has 0 aliphatic rings. The van der Waals surface area contributed by atoms with E-state index in [4.69, 9.17) is 4.43 Å². The minimum Gasteiger partial charge on any atom is -0.414 e. The Labute approximate surface area is 146 Å². The topological polar surface area (TPSA) is 46.6 Å². The highest BCUT2D eigenvalue weighted by Gasteiger charge is 2.38. The van der Waals surface area contributed by atoms with E-state index in [0.29, 0.717) is 24.0 Å². The zero-order valence-corrected chi connectivity index (χ0v) is 16.6. The van der Waals surface area contributed by atoms with Crippen molar-refractivity contribution in [2.24, 2.45) is 0 Å². The summed E-state index contributed by atoms with van der Waals surface area (Å²) in [5, 5.41) is 0.103. The Morgan fingerprint density at radius 3 is 2.42 bits per heavy atom. The Morgan fingerprint density at radius 2 is 1.92 bits per heavy atom. The summed E-state index contributed by atoms with van der Waals surface area (Å²) < 4.78 is 6.21. The maximum atomic E-state index is 12.7. The lowest BCUT2D eigenvalue weighted by Crippen LogP contribution is -2.46. The van der Waals surface area contributed by atoms with Gasteiger partial charge in [0, 0.05) is 12.6 Å². The van der Waals surface area contributed by atoms with E-state index in [1.807, 2.05) is 0 Å². The predicted molar refractivity (Wildman–Crippen MR) is 101 cm³/mol. The molecule has 0 aromatic heterocycles. The summed E-state index contributed by atoms with van der Waals surface area (Å²) >= 11 is 0. The molecule has 0 aliphatic carbocycles. The van der Waals surface area contributed by atoms with E-state index in [1.165, 1.54) is 0 Å². The van der Waals surface area contributed by atoms with E-state index < -0.39 is 8.32 Å². The molecular weight excluding hydrogens is 318 g/mol. The molecule has 0 N–H and O–H groups in total. The summed E-state index contributed by atoms with van der Waals surface area (Å²) in [6, 6.07) is 6.56. The van der Waals surface area contributed by atoms with Crippen molar-refractivity contribution in [2.45, 2.75) is 44.9 Å². The van der Waals surface area contributed by atoms with Crippen LogP contribution < -0.4 is 0 Å². The van der Waals surface area contributed by atoms with Gasteiger partial charge in [-0.1, -0.05) is 45.0 Å². The highest BCUT2D eigenvalue weighted by Crippen LogP contribution is 2.36. The zero-order chi connectivity index (χ0) is 18.5. The van der Waals surface area contributed by atoms with Crippen LogP contribution in [0.5, 0.6) is 0 Å². The Balaban J connectivity index is 2.90. The van der Waals surface area contributed by atoms with Crippen LogP contribution in [0.25, 0.3) is 0 Å². The van der Waals surface area contributed by atoms with Crippen LogP contribution in [-0.4, -0.2) is 45.1 Å². The third-order valence-corrected chi connectivity index (χ3v) is 9.33. The largest absolute Gasteiger partial charge is 0.414 e. The summed E-state index contributed by atoms with van der Waals surface area (Å²) in [6.45, 7) is 15.1. The zero-order valence-electron chi connectivity index (χ0n) is 15.6. The second-order valence-corrected chi connectivity index (χ2v) is 12.3. The van der Waals surface area contributed by atoms with Crippen molar-refractivity contribution < 1.29 is 14.0 Å². The molecule has 1 aromatic rings. The van der Waals surface area contributed by atoms with E-state index in [-0.39, 0.29) is 17.0 Å². The first-order valence-electron chi connectivity index (χ1n) is 8.13. The summed E-state index contributed by atoms with van der Waals surface area (Å²) in [5.74, 6) is -0.207. The Morgan fingerprint density at radius 1 is 1.33 bits per heavy atom. The molecule has 0 saturated carbocycles. The number of hydrogen-bond donors (Lipinski definition) is 0. The minimum atomic E-state index is -1.90. The Kier molecular flexibility index (Phi) is 6.69. The van der Waals surface area contributed by atoms with Crippen molar-refractivity contribution in [1.29, 1.82) is 0 Å². The van der Waals surface area contributed by atoms with Gasteiger partial charge in [-0.15, -0.1) is 6.58 Å². The summed E-state index contributed by atoms with van der Waals surface area (Å²) in [7, 11) is -0.190. The highest BCUT2D eigenvalue weighted by molar-refractivity contribution is 6.74. The van der Waals surface area contributed by atoms with Crippen LogP contribution in [0.15, 0.2) is 36.9 Å². The van der Waals surface area contributed by atoms with Crippen molar-refractivity contribution in [3.05, 3.63) is 48.0 Å². The normalized spacial score (nSPS) is 13.2. The Bertz CT molecular complexity index is 605. The third-order valence-electron chi connectivity index (χ3n) is 4.83. The number of hydrogen-bond acceptors (Lipinski definition) is 3. The maximum absolute atomic E-state index is 12.7. The standard InChI is InChI=1S/C19H29NO3Si/c1-8-16(14-23-24(6,7)19(2,3)4)20(5)18(22)17-12-10-9-11-15(17)13-21/h8-13,16H,1,14H2,2-7H3/t16-/m1/s1. The van der Waals surface area contributed by atoms with Crippen molar-refractivity contribution in [1.82, 2.24) is 4.90 Å². The van der Waals surface area contributed by atoms with Gasteiger partial charge in [-0.3, -0.25) is 9.59 Å². The molecule has 1 aromatic carbocycles. The molecule has 0 radical (unpaired) electrons. The molecule has 0 saturated heterocycles. The number of amides is 1. The van der Waals surface area contributed by atoms with Crippen LogP contribution in [0.2, 0.25) is 18.1 Å². The smallest absolute Gasteiger partial charge is 0.254 e. The van der Waals surface area contributed by atoms with E-state index >= 15 is 0 Å². The van der Waals surface area contributed by atoms with Crippen LogP contribution in [0.3, 0.4) is 0 Å². The van der Waals surface area contributed by atoms with Crippen molar-refractivity contribution in [3.8, 4) is 0 Å². The fourth-order valence-corrected chi connectivity index (χ4v) is 3.00. The van der Waals surface area contributed by atoms with Crippen LogP contribution in [0.1, 0.15) is 41.5 Å². The maximum Gasteiger partial charge on any atom is 0.254 e. The van der Waals surface area contributed by atoms with Gasteiger partial charge >= 0.3 is 0 Å². The summed E-state index contributed by atoms with van der Waals surface area (Å²) in [6.07, 6.45) is 2.42. The van der Waals surface area contributed by atoms with E-state index in [1.54, 1.807) is 42.3 Å². The molecule has 132 valence electrons. The van der Waals surface area contributed by atoms with Gasteiger partial charge in [0.15, 0.2) is 14.6 Å². The molecule has 0 spiro atoms. The first kappa shape index (κ1) is 20.3. The molecule has 0 fully saturated rings. The van der Waals surface area contributed by atoms with Crippen molar-refractivity contribution >= 4 is 20.5 Å². The molecule has 24 heavy (non-hydrogen) atoms. The average molecular weight is 348 g/mol. The van der Waals surface area contributed by atoms with Gasteiger partial charge < -0.3 is 9.33 Å². The lowest BCUT2D eigenvalue weighted by molar-refractivity contribution is 0.0713. The van der Waals surface area contributed by atoms with E-state index in [2.05, 4.69) is 40.4 Å². The quantitative estimate of drug-likeness (QED) is 0.423. The van der Waals surface area contributed by atoms with Gasteiger partial charge in [0.05, 0.1) is 18.2 Å². The fraction of sp³-hybridized carbons (Fsp3) is 0.474. The SMILES string of the molecule is C=C[C@H](CO[Si](C)(C)C(C)(C)C)N(C)C(=O)c1ccccc1C=O. The monoisotopic (exact) mass is 347 g/mol. The van der Waals surface area contributed by atoms with Crippen LogP contribution in [-0.2, 0) is 4.43 Å². The van der Waals surface area contributed by atoms with Gasteiger partial charge in [0.2, 0.25) is 0 Å². The number of nitrogens with zero attached hydrogens (tertiary/aromatic N) is 1. The molecule has 1 amide bonds. The summed E-state index contributed by atoms with van der Waals surface area (Å²) in [5.41, 5.74) is 0.789. The number of rotatable bonds is 7. The van der Waals surface area contributed by atoms with Crippen molar-refractivity contribution in [2.75, 3.05) is 13.7 Å². The van der Waals surface area contributed by atoms with E-state index in [0.717, 1.165) is 0 Å². The van der Waals surface area contributed by atoms with Gasteiger partial charge in [-0.2, -0.15) is 0 Å². The first-order chi connectivity index (χ1) is 11.0. The summed E-state index contributed by atoms with van der Waals surface area (Å²) in [4.78, 5) is 25.5. The third kappa shape index (κ3) is 4.64. The van der Waals surface area contributed by atoms with Gasteiger partial charge in [0.1, 0.15) is 0 Å². The fourth-order valence-electron chi connectivity index (χ4n) is 1.98. The molecule has 1 atom stereocenters. The molecule has 0 unspecified atom stereocenters. The predicted octanol–water partition coefficient (Wildman–Crippen LogP) is 4.15. The Hall–Kier alpha value is -1.72. The molecule has 0 bridgehead atoms. The van der Waals surface area contributed by atoms with Gasteiger partial charge in [0.25, 0.3) is 5.91 Å². The van der Waals surface area contributed by atoms with Crippen LogP contribution >= 0.6 is 0 Å². The van der Waals surface area contributed by atoms with E-state index in [9.17, 15) is 9.59 Å². The lowest BCUT2D eigenvalue weighted by Gasteiger charge is -2.38. The number of aldehydes is 1. The number of carbonyl (C=O) groups excluding carboxylic acids is 2. The molecular formula is C19H29NO3Si. The molecule has 0 aliphatic heterocycles. The molecule has 0 heterocycles. The van der Waals surface area contributed by atoms with Crippen LogP contribution in [0.4, 0.5) is 0 Å².